The molecule has 228 valence electrons. The van der Waals surface area contributed by atoms with Gasteiger partial charge in [-0.2, -0.15) is 0 Å². The summed E-state index contributed by atoms with van der Waals surface area (Å²) >= 11 is 1.74. The fraction of sp³-hybridized carbons (Fsp3) is 0. The Kier molecular flexibility index (Phi) is 5.51. The van der Waals surface area contributed by atoms with Gasteiger partial charge in [-0.05, 0) is 58.8 Å². The van der Waals surface area contributed by atoms with E-state index in [2.05, 4.69) is 121 Å². The van der Waals surface area contributed by atoms with E-state index in [9.17, 15) is 0 Å². The van der Waals surface area contributed by atoms with Gasteiger partial charge in [0.15, 0.2) is 5.82 Å². The number of fused-ring (bicyclic) bond motifs is 10. The molecule has 0 saturated carbocycles. The van der Waals surface area contributed by atoms with Crippen LogP contribution in [-0.2, 0) is 0 Å². The van der Waals surface area contributed by atoms with E-state index >= 15 is 0 Å². The maximum absolute atomic E-state index is 6.73. The zero-order valence-electron chi connectivity index (χ0n) is 26.0. The van der Waals surface area contributed by atoms with Crippen molar-refractivity contribution >= 4 is 86.3 Å². The highest BCUT2D eigenvalue weighted by Crippen LogP contribution is 2.45. The summed E-state index contributed by atoms with van der Waals surface area (Å²) in [5, 5.41) is 7.81. The number of nitrogens with zero attached hydrogens (tertiary/aromatic N) is 2. The Hall–Kier alpha value is -6.30. The summed E-state index contributed by atoms with van der Waals surface area (Å²) in [4.78, 5) is 10.6. The molecule has 4 aromatic heterocycles. The Morgan fingerprint density at radius 3 is 2.16 bits per heavy atom. The highest BCUT2D eigenvalue weighted by molar-refractivity contribution is 7.26. The summed E-state index contributed by atoms with van der Waals surface area (Å²) in [6.07, 6.45) is 0. The van der Waals surface area contributed by atoms with E-state index in [1.807, 2.05) is 24.3 Å². The lowest BCUT2D eigenvalue weighted by molar-refractivity contribution is 0.669. The SMILES string of the molecule is c1ccc2cc(-c3cccc4c3oc3cccc(-c5nc(-c6ccc7oc8ccccc8c7c6)nc6c5sc5ccccc56)c34)ccc2c1. The average Bonchev–Trinajstić information content (AvgIpc) is 3.85. The van der Waals surface area contributed by atoms with Crippen LogP contribution in [0.25, 0.3) is 109 Å². The molecule has 0 aliphatic carbocycles. The molecule has 11 aromatic rings. The maximum atomic E-state index is 6.73. The van der Waals surface area contributed by atoms with E-state index in [0.717, 1.165) is 87.4 Å². The summed E-state index contributed by atoms with van der Waals surface area (Å²) < 4.78 is 15.1. The zero-order valence-corrected chi connectivity index (χ0v) is 26.8. The zero-order chi connectivity index (χ0) is 32.1. The molecule has 0 amide bonds. The molecule has 0 aliphatic heterocycles. The van der Waals surface area contributed by atoms with Crippen molar-refractivity contribution < 1.29 is 8.83 Å². The first kappa shape index (κ1) is 26.7. The third kappa shape index (κ3) is 3.97. The molecular formula is C44H24N2O2S. The van der Waals surface area contributed by atoms with Crippen LogP contribution in [0.15, 0.2) is 154 Å². The molecule has 0 radical (unpaired) electrons. The van der Waals surface area contributed by atoms with Crippen molar-refractivity contribution in [2.24, 2.45) is 0 Å². The Morgan fingerprint density at radius 1 is 0.469 bits per heavy atom. The van der Waals surface area contributed by atoms with Gasteiger partial charge >= 0.3 is 0 Å². The minimum atomic E-state index is 0.680. The van der Waals surface area contributed by atoms with Crippen LogP contribution in [0.3, 0.4) is 0 Å². The van der Waals surface area contributed by atoms with E-state index in [1.54, 1.807) is 11.3 Å². The van der Waals surface area contributed by atoms with Gasteiger partial charge in [0.2, 0.25) is 0 Å². The van der Waals surface area contributed by atoms with Gasteiger partial charge in [0.05, 0.1) is 15.9 Å². The molecular weight excluding hydrogens is 621 g/mol. The summed E-state index contributed by atoms with van der Waals surface area (Å²) in [6, 6.07) is 50.7. The minimum absolute atomic E-state index is 0.680. The van der Waals surface area contributed by atoms with Crippen LogP contribution in [0.1, 0.15) is 0 Å². The Morgan fingerprint density at radius 2 is 1.20 bits per heavy atom. The molecule has 0 bridgehead atoms. The van der Waals surface area contributed by atoms with Gasteiger partial charge in [-0.3, -0.25) is 0 Å². The molecule has 4 nitrogen and oxygen atoms in total. The highest BCUT2D eigenvalue weighted by atomic mass is 32.1. The van der Waals surface area contributed by atoms with E-state index in [0.29, 0.717) is 5.82 Å². The van der Waals surface area contributed by atoms with Gasteiger partial charge < -0.3 is 8.83 Å². The molecule has 0 fully saturated rings. The summed E-state index contributed by atoms with van der Waals surface area (Å²) in [7, 11) is 0. The number of benzene rings is 7. The Labute approximate surface area is 283 Å². The third-order valence-corrected chi connectivity index (χ3v) is 10.9. The molecule has 7 aromatic carbocycles. The van der Waals surface area contributed by atoms with Crippen LogP contribution < -0.4 is 0 Å². The second kappa shape index (κ2) is 10.1. The van der Waals surface area contributed by atoms with Crippen molar-refractivity contribution in [1.82, 2.24) is 9.97 Å². The number of hydrogen-bond acceptors (Lipinski definition) is 5. The lowest BCUT2D eigenvalue weighted by Crippen LogP contribution is -1.94. The highest BCUT2D eigenvalue weighted by Gasteiger charge is 2.22. The lowest BCUT2D eigenvalue weighted by atomic mass is 9.97. The van der Waals surface area contributed by atoms with Crippen LogP contribution >= 0.6 is 11.3 Å². The molecule has 4 heterocycles. The standard InChI is InChI=1S/C44H24N2O2S/c1-2-10-26-23-27(20-19-25(26)9-1)29-13-7-15-33-39-32(14-8-17-37(39)48-42(29)33)41-43-40(31-12-4-6-18-38(31)49-43)45-44(46-41)28-21-22-36-34(24-28)30-11-3-5-16-35(30)47-36/h1-24H. The quantitative estimate of drug-likeness (QED) is 0.192. The van der Waals surface area contributed by atoms with Crippen molar-refractivity contribution in [1.29, 1.82) is 0 Å². The number of thiophene rings is 1. The van der Waals surface area contributed by atoms with Crippen molar-refractivity contribution in [3.8, 4) is 33.8 Å². The van der Waals surface area contributed by atoms with Gasteiger partial charge in [0.1, 0.15) is 22.3 Å². The van der Waals surface area contributed by atoms with Gasteiger partial charge in [-0.15, -0.1) is 11.3 Å². The van der Waals surface area contributed by atoms with Gasteiger partial charge in [-0.1, -0.05) is 103 Å². The molecule has 0 saturated heterocycles. The summed E-state index contributed by atoms with van der Waals surface area (Å²) in [5.74, 6) is 0.680. The molecule has 5 heteroatoms. The van der Waals surface area contributed by atoms with Crippen LogP contribution in [0.2, 0.25) is 0 Å². The molecule has 0 N–H and O–H groups in total. The van der Waals surface area contributed by atoms with Crippen LogP contribution in [0.4, 0.5) is 0 Å². The van der Waals surface area contributed by atoms with Crippen molar-refractivity contribution in [2.75, 3.05) is 0 Å². The van der Waals surface area contributed by atoms with E-state index in [1.165, 1.54) is 15.5 Å². The fourth-order valence-corrected chi connectivity index (χ4v) is 8.54. The van der Waals surface area contributed by atoms with E-state index in [4.69, 9.17) is 18.8 Å². The molecule has 0 aliphatic rings. The first-order chi connectivity index (χ1) is 24.3. The van der Waals surface area contributed by atoms with Gasteiger partial charge in [0, 0.05) is 48.3 Å². The number of aromatic nitrogens is 2. The third-order valence-electron chi connectivity index (χ3n) is 9.69. The monoisotopic (exact) mass is 644 g/mol. The van der Waals surface area contributed by atoms with Crippen molar-refractivity contribution in [2.45, 2.75) is 0 Å². The second-order valence-corrected chi connectivity index (χ2v) is 13.6. The Balaban J connectivity index is 1.18. The smallest absolute Gasteiger partial charge is 0.160 e. The molecule has 49 heavy (non-hydrogen) atoms. The predicted molar refractivity (Wildman–Crippen MR) is 203 cm³/mol. The summed E-state index contributed by atoms with van der Waals surface area (Å²) in [5.41, 5.74) is 9.47. The predicted octanol–water partition coefficient (Wildman–Crippen LogP) is 12.8. The largest absolute Gasteiger partial charge is 0.456 e. The van der Waals surface area contributed by atoms with Gasteiger partial charge in [0.25, 0.3) is 0 Å². The molecule has 11 rings (SSSR count). The Bertz CT molecular complexity index is 3130. The average molecular weight is 645 g/mol. The lowest BCUT2D eigenvalue weighted by Gasteiger charge is -2.09. The first-order valence-corrected chi connectivity index (χ1v) is 17.1. The molecule has 0 spiro atoms. The fourth-order valence-electron chi connectivity index (χ4n) is 7.40. The number of hydrogen-bond donors (Lipinski definition) is 0. The second-order valence-electron chi connectivity index (χ2n) is 12.5. The van der Waals surface area contributed by atoms with Crippen molar-refractivity contribution in [3.05, 3.63) is 146 Å². The number of furan rings is 2. The van der Waals surface area contributed by atoms with Gasteiger partial charge in [-0.25, -0.2) is 9.97 Å². The minimum Gasteiger partial charge on any atom is -0.456 e. The first-order valence-electron chi connectivity index (χ1n) is 16.3. The van der Waals surface area contributed by atoms with Crippen LogP contribution in [0.5, 0.6) is 0 Å². The number of para-hydroxylation sites is 2. The topological polar surface area (TPSA) is 52.1 Å². The molecule has 0 atom stereocenters. The van der Waals surface area contributed by atoms with Crippen molar-refractivity contribution in [3.63, 3.8) is 0 Å². The summed E-state index contributed by atoms with van der Waals surface area (Å²) in [6.45, 7) is 0. The van der Waals surface area contributed by atoms with Crippen LogP contribution in [-0.4, -0.2) is 9.97 Å². The maximum Gasteiger partial charge on any atom is 0.160 e. The van der Waals surface area contributed by atoms with Crippen LogP contribution in [0, 0.1) is 0 Å². The van der Waals surface area contributed by atoms with E-state index < -0.39 is 0 Å². The number of rotatable bonds is 3. The normalized spacial score (nSPS) is 12.1. The molecule has 0 unspecified atom stereocenters. The van der Waals surface area contributed by atoms with E-state index in [-0.39, 0.29) is 0 Å².